The summed E-state index contributed by atoms with van der Waals surface area (Å²) < 4.78 is 0. The van der Waals surface area contributed by atoms with E-state index in [4.69, 9.17) is 16.6 Å². The monoisotopic (exact) mass is 364 g/mol. The molecular weight excluding hydrogens is 344 g/mol. The van der Waals surface area contributed by atoms with Gasteiger partial charge in [-0.25, -0.2) is 4.98 Å². The van der Waals surface area contributed by atoms with Gasteiger partial charge < -0.3 is 5.32 Å². The Morgan fingerprint density at radius 1 is 1.15 bits per heavy atom. The number of hydrogen-bond acceptors (Lipinski definition) is 3. The molecule has 2 heterocycles. The summed E-state index contributed by atoms with van der Waals surface area (Å²) in [4.78, 5) is 17.8. The van der Waals surface area contributed by atoms with Crippen molar-refractivity contribution >= 4 is 28.3 Å². The lowest BCUT2D eigenvalue weighted by Crippen LogP contribution is -2.31. The van der Waals surface area contributed by atoms with Crippen LogP contribution in [0.15, 0.2) is 54.6 Å². The minimum absolute atomic E-state index is 0.201. The molecular formula is C22H21ClN2O. The Balaban J connectivity index is 1.74. The van der Waals surface area contributed by atoms with Gasteiger partial charge in [-0.05, 0) is 56.1 Å². The molecule has 0 radical (unpaired) electrons. The zero-order valence-electron chi connectivity index (χ0n) is 14.5. The van der Waals surface area contributed by atoms with Gasteiger partial charge in [0.25, 0.3) is 0 Å². The number of aromatic nitrogens is 1. The first kappa shape index (κ1) is 17.2. The fraction of sp³-hybridized carbons (Fsp3) is 0.273. The van der Waals surface area contributed by atoms with Crippen LogP contribution in [0.3, 0.4) is 0 Å². The lowest BCUT2D eigenvalue weighted by Gasteiger charge is -2.22. The molecule has 0 amide bonds. The van der Waals surface area contributed by atoms with Gasteiger partial charge in [-0.2, -0.15) is 0 Å². The molecule has 1 aliphatic rings. The number of hydrogen-bond donors (Lipinski definition) is 1. The maximum atomic E-state index is 13.1. The maximum absolute atomic E-state index is 13.1. The molecule has 1 aliphatic heterocycles. The van der Waals surface area contributed by atoms with Gasteiger partial charge >= 0.3 is 0 Å². The average molecular weight is 365 g/mol. The standard InChI is InChI=1S/C22H21ClN2O/c23-17-9-7-16(8-10-17)21-13-19(18-5-1-2-6-20(18)25-21)22(26)12-15-4-3-11-24-14-15/h1-2,5-10,13,15,24H,3-4,11-12,14H2. The highest BCUT2D eigenvalue weighted by molar-refractivity contribution is 6.30. The summed E-state index contributed by atoms with van der Waals surface area (Å²) in [7, 11) is 0. The second-order valence-electron chi connectivity index (χ2n) is 6.92. The number of fused-ring (bicyclic) bond motifs is 1. The van der Waals surface area contributed by atoms with Crippen LogP contribution in [0.2, 0.25) is 5.02 Å². The average Bonchev–Trinajstić information content (AvgIpc) is 2.68. The molecule has 0 aliphatic carbocycles. The molecule has 132 valence electrons. The largest absolute Gasteiger partial charge is 0.316 e. The highest BCUT2D eigenvalue weighted by Gasteiger charge is 2.20. The molecule has 1 unspecified atom stereocenters. The third-order valence-corrected chi connectivity index (χ3v) is 5.28. The summed E-state index contributed by atoms with van der Waals surface area (Å²) in [5.41, 5.74) is 3.40. The highest BCUT2D eigenvalue weighted by atomic mass is 35.5. The van der Waals surface area contributed by atoms with E-state index < -0.39 is 0 Å². The van der Waals surface area contributed by atoms with E-state index in [2.05, 4.69) is 5.32 Å². The smallest absolute Gasteiger partial charge is 0.163 e. The van der Waals surface area contributed by atoms with Crippen molar-refractivity contribution in [3.8, 4) is 11.3 Å². The van der Waals surface area contributed by atoms with Gasteiger partial charge in [0.2, 0.25) is 0 Å². The van der Waals surface area contributed by atoms with E-state index in [-0.39, 0.29) is 5.78 Å². The van der Waals surface area contributed by atoms with Crippen LogP contribution >= 0.6 is 11.6 Å². The van der Waals surface area contributed by atoms with Gasteiger partial charge in [0, 0.05) is 28.0 Å². The number of nitrogens with zero attached hydrogens (tertiary/aromatic N) is 1. The lowest BCUT2D eigenvalue weighted by molar-refractivity contribution is 0.0955. The maximum Gasteiger partial charge on any atom is 0.163 e. The number of carbonyl (C=O) groups excluding carboxylic acids is 1. The van der Waals surface area contributed by atoms with Crippen molar-refractivity contribution in [2.45, 2.75) is 19.3 Å². The molecule has 0 spiro atoms. The van der Waals surface area contributed by atoms with Crippen molar-refractivity contribution in [1.82, 2.24) is 10.3 Å². The van der Waals surface area contributed by atoms with Gasteiger partial charge in [0.1, 0.15) is 0 Å². The van der Waals surface area contributed by atoms with Crippen LogP contribution in [-0.4, -0.2) is 23.9 Å². The minimum atomic E-state index is 0.201. The zero-order valence-corrected chi connectivity index (χ0v) is 15.3. The van der Waals surface area contributed by atoms with Crippen molar-refractivity contribution in [2.24, 2.45) is 5.92 Å². The molecule has 2 aromatic carbocycles. The molecule has 1 fully saturated rings. The van der Waals surface area contributed by atoms with Crippen molar-refractivity contribution in [1.29, 1.82) is 0 Å². The summed E-state index contributed by atoms with van der Waals surface area (Å²) in [6.45, 7) is 1.99. The number of carbonyl (C=O) groups is 1. The number of Topliss-reactive ketones (excluding diaryl/α,β-unsaturated/α-hetero) is 1. The molecule has 0 saturated carbocycles. The molecule has 3 nitrogen and oxygen atoms in total. The number of rotatable bonds is 4. The third-order valence-electron chi connectivity index (χ3n) is 5.03. The van der Waals surface area contributed by atoms with Gasteiger partial charge in [-0.3, -0.25) is 4.79 Å². The summed E-state index contributed by atoms with van der Waals surface area (Å²) in [6, 6.07) is 17.4. The second-order valence-corrected chi connectivity index (χ2v) is 7.36. The van der Waals surface area contributed by atoms with Crippen molar-refractivity contribution in [2.75, 3.05) is 13.1 Å². The topological polar surface area (TPSA) is 42.0 Å². The van der Waals surface area contributed by atoms with E-state index in [1.807, 2.05) is 54.6 Å². The summed E-state index contributed by atoms with van der Waals surface area (Å²) in [6.07, 6.45) is 2.85. The Kier molecular flexibility index (Phi) is 5.00. The number of pyridine rings is 1. The first-order valence-electron chi connectivity index (χ1n) is 9.10. The van der Waals surface area contributed by atoms with Crippen molar-refractivity contribution in [3.05, 3.63) is 65.2 Å². The van der Waals surface area contributed by atoms with Crippen LogP contribution in [0.5, 0.6) is 0 Å². The number of ketones is 1. The normalized spacial score (nSPS) is 17.3. The van der Waals surface area contributed by atoms with E-state index in [1.54, 1.807) is 0 Å². The number of nitrogens with one attached hydrogen (secondary N) is 1. The molecule has 3 aromatic rings. The van der Waals surface area contributed by atoms with Gasteiger partial charge in [-0.15, -0.1) is 0 Å². The Morgan fingerprint density at radius 2 is 1.96 bits per heavy atom. The third kappa shape index (κ3) is 3.64. The number of halogens is 1. The SMILES string of the molecule is O=C(CC1CCCNC1)c1cc(-c2ccc(Cl)cc2)nc2ccccc12. The fourth-order valence-corrected chi connectivity index (χ4v) is 3.77. The second kappa shape index (κ2) is 7.56. The van der Waals surface area contributed by atoms with E-state index in [0.29, 0.717) is 17.4 Å². The van der Waals surface area contributed by atoms with Gasteiger partial charge in [0.15, 0.2) is 5.78 Å². The Labute approximate surface area is 158 Å². The van der Waals surface area contributed by atoms with Crippen LogP contribution in [-0.2, 0) is 0 Å². The van der Waals surface area contributed by atoms with E-state index >= 15 is 0 Å². The van der Waals surface area contributed by atoms with Gasteiger partial charge in [0.05, 0.1) is 11.2 Å². The molecule has 1 N–H and O–H groups in total. The molecule has 0 bridgehead atoms. The predicted octanol–water partition coefficient (Wildman–Crippen LogP) is 5.13. The predicted molar refractivity (Wildman–Crippen MR) is 107 cm³/mol. The van der Waals surface area contributed by atoms with Crippen LogP contribution in [0.4, 0.5) is 0 Å². The van der Waals surface area contributed by atoms with Crippen LogP contribution in [0.25, 0.3) is 22.2 Å². The Morgan fingerprint density at radius 3 is 2.73 bits per heavy atom. The summed E-state index contributed by atoms with van der Waals surface area (Å²) >= 11 is 6.00. The molecule has 4 rings (SSSR count). The first-order valence-corrected chi connectivity index (χ1v) is 9.48. The van der Waals surface area contributed by atoms with Crippen LogP contribution < -0.4 is 5.32 Å². The summed E-state index contributed by atoms with van der Waals surface area (Å²) in [5, 5.41) is 5.01. The molecule has 1 saturated heterocycles. The fourth-order valence-electron chi connectivity index (χ4n) is 3.64. The Hall–Kier alpha value is -2.23. The summed E-state index contributed by atoms with van der Waals surface area (Å²) in [5.74, 6) is 0.620. The minimum Gasteiger partial charge on any atom is -0.316 e. The highest BCUT2D eigenvalue weighted by Crippen LogP contribution is 2.28. The van der Waals surface area contributed by atoms with E-state index in [1.165, 1.54) is 0 Å². The van der Waals surface area contributed by atoms with Gasteiger partial charge in [-0.1, -0.05) is 41.9 Å². The number of benzene rings is 2. The zero-order chi connectivity index (χ0) is 17.9. The van der Waals surface area contributed by atoms with Crippen LogP contribution in [0, 0.1) is 5.92 Å². The quantitative estimate of drug-likeness (QED) is 0.653. The van der Waals surface area contributed by atoms with Crippen molar-refractivity contribution in [3.63, 3.8) is 0 Å². The first-order chi connectivity index (χ1) is 12.7. The number of para-hydroxylation sites is 1. The van der Waals surface area contributed by atoms with E-state index in [0.717, 1.165) is 53.7 Å². The van der Waals surface area contributed by atoms with E-state index in [9.17, 15) is 4.79 Å². The molecule has 4 heteroatoms. The number of piperidine rings is 1. The van der Waals surface area contributed by atoms with Crippen molar-refractivity contribution < 1.29 is 4.79 Å². The molecule has 1 atom stereocenters. The molecule has 1 aromatic heterocycles. The molecule has 26 heavy (non-hydrogen) atoms. The van der Waals surface area contributed by atoms with Crippen LogP contribution in [0.1, 0.15) is 29.6 Å². The Bertz CT molecular complexity index is 931. The lowest BCUT2D eigenvalue weighted by atomic mass is 9.90.